The van der Waals surface area contributed by atoms with Gasteiger partial charge in [0, 0.05) is 24.7 Å². The summed E-state index contributed by atoms with van der Waals surface area (Å²) in [6, 6.07) is 10.9. The van der Waals surface area contributed by atoms with Crippen molar-refractivity contribution in [3.05, 3.63) is 48.0 Å². The molecule has 0 aliphatic carbocycles. The Hall–Kier alpha value is -2.74. The molecule has 0 saturated carbocycles. The Morgan fingerprint density at radius 2 is 1.68 bits per heavy atom. The van der Waals surface area contributed by atoms with Crippen molar-refractivity contribution in [1.29, 1.82) is 0 Å². The van der Waals surface area contributed by atoms with E-state index in [2.05, 4.69) is 5.32 Å². The highest BCUT2D eigenvalue weighted by molar-refractivity contribution is 7.92. The molecular weight excluding hydrogens is 380 g/mol. The molecule has 2 aromatic carbocycles. The van der Waals surface area contributed by atoms with E-state index < -0.39 is 10.0 Å². The molecule has 1 atom stereocenters. The molecule has 0 aliphatic rings. The minimum atomic E-state index is -3.81. The lowest BCUT2D eigenvalue weighted by Gasteiger charge is -2.20. The second-order valence-electron chi connectivity index (χ2n) is 6.32. The third-order valence-corrected chi connectivity index (χ3v) is 6.28. The van der Waals surface area contributed by atoms with Gasteiger partial charge in [-0.1, -0.05) is 6.92 Å². The maximum absolute atomic E-state index is 13.0. The monoisotopic (exact) mass is 406 g/mol. The number of hydrogen-bond acceptors (Lipinski definition) is 5. The number of ether oxygens (including phenoxy) is 2. The highest BCUT2D eigenvalue weighted by Gasteiger charge is 2.23. The minimum absolute atomic E-state index is 0.0697. The summed E-state index contributed by atoms with van der Waals surface area (Å²) in [7, 11) is 0.579. The Labute approximate surface area is 166 Å². The first kappa shape index (κ1) is 21.6. The molecule has 152 valence electrons. The summed E-state index contributed by atoms with van der Waals surface area (Å²) < 4.78 is 37.4. The van der Waals surface area contributed by atoms with Crippen molar-refractivity contribution in [2.75, 3.05) is 25.6 Å². The van der Waals surface area contributed by atoms with Crippen LogP contribution in [-0.4, -0.2) is 41.6 Å². The van der Waals surface area contributed by atoms with Crippen molar-refractivity contribution in [2.45, 2.75) is 31.2 Å². The first-order chi connectivity index (χ1) is 13.2. The highest BCUT2D eigenvalue weighted by atomic mass is 32.2. The molecule has 2 rings (SSSR count). The molecule has 0 aromatic heterocycles. The zero-order valence-electron chi connectivity index (χ0n) is 16.7. The van der Waals surface area contributed by atoms with E-state index in [9.17, 15) is 13.2 Å². The number of nitrogens with one attached hydrogen (secondary N) is 1. The van der Waals surface area contributed by atoms with Crippen LogP contribution >= 0.6 is 0 Å². The number of rotatable bonds is 8. The predicted molar refractivity (Wildman–Crippen MR) is 109 cm³/mol. The van der Waals surface area contributed by atoms with Gasteiger partial charge in [-0.15, -0.1) is 0 Å². The molecule has 0 aliphatic heterocycles. The van der Waals surface area contributed by atoms with Crippen LogP contribution in [0.3, 0.4) is 0 Å². The summed E-state index contributed by atoms with van der Waals surface area (Å²) in [6.45, 7) is 3.91. The highest BCUT2D eigenvalue weighted by Crippen LogP contribution is 2.31. The zero-order valence-corrected chi connectivity index (χ0v) is 17.5. The molecule has 7 nitrogen and oxygen atoms in total. The van der Waals surface area contributed by atoms with Gasteiger partial charge in [0.2, 0.25) is 0 Å². The maximum Gasteiger partial charge on any atom is 0.264 e. The van der Waals surface area contributed by atoms with E-state index in [0.717, 1.165) is 10.7 Å². The molecule has 1 amide bonds. The van der Waals surface area contributed by atoms with Crippen LogP contribution in [-0.2, 0) is 10.0 Å². The fourth-order valence-corrected chi connectivity index (χ4v) is 3.72. The van der Waals surface area contributed by atoms with Crippen molar-refractivity contribution in [1.82, 2.24) is 5.32 Å². The predicted octanol–water partition coefficient (Wildman–Crippen LogP) is 3.06. The molecule has 8 heteroatoms. The molecule has 0 spiro atoms. The molecule has 2 aromatic rings. The van der Waals surface area contributed by atoms with Crippen LogP contribution in [0.4, 0.5) is 5.69 Å². The normalized spacial score (nSPS) is 12.2. The number of anilines is 1. The molecular formula is C20H26N2O5S. The number of benzene rings is 2. The first-order valence-corrected chi connectivity index (χ1v) is 10.3. The average molecular weight is 407 g/mol. The SMILES string of the molecule is CCC(C)NC(=O)c1ccc(N(C)S(=O)(=O)c2ccc(OC)c(OC)c2)cc1. The number of carbonyl (C=O) groups excluding carboxylic acids is 1. The molecule has 0 fully saturated rings. The van der Waals surface area contributed by atoms with Crippen LogP contribution in [0.2, 0.25) is 0 Å². The zero-order chi connectivity index (χ0) is 20.9. The summed E-state index contributed by atoms with van der Waals surface area (Å²) in [4.78, 5) is 12.3. The number of hydrogen-bond donors (Lipinski definition) is 1. The van der Waals surface area contributed by atoms with E-state index in [4.69, 9.17) is 9.47 Å². The Morgan fingerprint density at radius 1 is 1.07 bits per heavy atom. The topological polar surface area (TPSA) is 84.9 Å². The molecule has 0 saturated heterocycles. The Bertz CT molecular complexity index is 926. The van der Waals surface area contributed by atoms with E-state index in [1.165, 1.54) is 33.4 Å². The van der Waals surface area contributed by atoms with Crippen molar-refractivity contribution < 1.29 is 22.7 Å². The number of sulfonamides is 1. The lowest BCUT2D eigenvalue weighted by atomic mass is 10.1. The van der Waals surface area contributed by atoms with Gasteiger partial charge in [0.25, 0.3) is 15.9 Å². The number of carbonyl (C=O) groups is 1. The van der Waals surface area contributed by atoms with Gasteiger partial charge in [-0.2, -0.15) is 0 Å². The second kappa shape index (κ2) is 8.97. The van der Waals surface area contributed by atoms with Gasteiger partial charge in [-0.25, -0.2) is 8.42 Å². The van der Waals surface area contributed by atoms with Crippen LogP contribution in [0.5, 0.6) is 11.5 Å². The quantitative estimate of drug-likeness (QED) is 0.728. The van der Waals surface area contributed by atoms with E-state index in [0.29, 0.717) is 22.7 Å². The van der Waals surface area contributed by atoms with Crippen LogP contribution in [0.1, 0.15) is 30.6 Å². The van der Waals surface area contributed by atoms with Gasteiger partial charge in [0.05, 0.1) is 24.8 Å². The summed E-state index contributed by atoms with van der Waals surface area (Å²) in [5, 5.41) is 2.88. The minimum Gasteiger partial charge on any atom is -0.493 e. The molecule has 1 unspecified atom stereocenters. The molecule has 1 N–H and O–H groups in total. The smallest absolute Gasteiger partial charge is 0.264 e. The van der Waals surface area contributed by atoms with E-state index in [1.54, 1.807) is 30.3 Å². The fourth-order valence-electron chi connectivity index (χ4n) is 2.51. The summed E-state index contributed by atoms with van der Waals surface area (Å²) in [6.07, 6.45) is 0.829. The van der Waals surface area contributed by atoms with Gasteiger partial charge in [0.15, 0.2) is 11.5 Å². The van der Waals surface area contributed by atoms with Crippen molar-refractivity contribution >= 4 is 21.6 Å². The van der Waals surface area contributed by atoms with Crippen LogP contribution in [0.15, 0.2) is 47.4 Å². The van der Waals surface area contributed by atoms with Crippen LogP contribution in [0.25, 0.3) is 0 Å². The standard InChI is InChI=1S/C20H26N2O5S/c1-6-14(2)21-20(23)15-7-9-16(10-8-15)22(3)28(24,25)17-11-12-18(26-4)19(13-17)27-5/h7-14H,6H2,1-5H3,(H,21,23). The van der Waals surface area contributed by atoms with Gasteiger partial charge >= 0.3 is 0 Å². The van der Waals surface area contributed by atoms with E-state index >= 15 is 0 Å². The van der Waals surface area contributed by atoms with Gasteiger partial charge < -0.3 is 14.8 Å². The van der Waals surface area contributed by atoms with Crippen LogP contribution in [0, 0.1) is 0 Å². The third kappa shape index (κ3) is 4.56. The van der Waals surface area contributed by atoms with Gasteiger partial charge in [-0.05, 0) is 49.7 Å². The van der Waals surface area contributed by atoms with Crippen molar-refractivity contribution in [3.63, 3.8) is 0 Å². The number of methoxy groups -OCH3 is 2. The largest absolute Gasteiger partial charge is 0.493 e. The Morgan fingerprint density at radius 3 is 2.21 bits per heavy atom. The first-order valence-electron chi connectivity index (χ1n) is 8.86. The molecule has 28 heavy (non-hydrogen) atoms. The summed E-state index contributed by atoms with van der Waals surface area (Å²) >= 11 is 0. The number of nitrogens with zero attached hydrogens (tertiary/aromatic N) is 1. The Balaban J connectivity index is 2.27. The fraction of sp³-hybridized carbons (Fsp3) is 0.350. The van der Waals surface area contributed by atoms with E-state index in [-0.39, 0.29) is 16.8 Å². The van der Waals surface area contributed by atoms with E-state index in [1.807, 2.05) is 13.8 Å². The maximum atomic E-state index is 13.0. The lowest BCUT2D eigenvalue weighted by molar-refractivity contribution is 0.0939. The third-order valence-electron chi connectivity index (χ3n) is 4.50. The van der Waals surface area contributed by atoms with Gasteiger partial charge in [0.1, 0.15) is 0 Å². The second-order valence-corrected chi connectivity index (χ2v) is 8.29. The Kier molecular flexibility index (Phi) is 6.90. The molecule has 0 bridgehead atoms. The average Bonchev–Trinajstić information content (AvgIpc) is 2.72. The number of amides is 1. The van der Waals surface area contributed by atoms with Crippen LogP contribution < -0.4 is 19.1 Å². The summed E-state index contributed by atoms with van der Waals surface area (Å²) in [5.41, 5.74) is 0.913. The van der Waals surface area contributed by atoms with Crippen molar-refractivity contribution in [2.24, 2.45) is 0 Å². The molecule has 0 heterocycles. The van der Waals surface area contributed by atoms with Gasteiger partial charge in [-0.3, -0.25) is 9.10 Å². The molecule has 0 radical (unpaired) electrons. The summed E-state index contributed by atoms with van der Waals surface area (Å²) in [5.74, 6) is 0.584. The lowest BCUT2D eigenvalue weighted by Crippen LogP contribution is -2.32. The van der Waals surface area contributed by atoms with Crippen molar-refractivity contribution in [3.8, 4) is 11.5 Å².